The number of amides is 1. The van der Waals surface area contributed by atoms with Crippen LogP contribution in [0.5, 0.6) is 0 Å². The van der Waals surface area contributed by atoms with Crippen LogP contribution in [0.15, 0.2) is 97.5 Å². The van der Waals surface area contributed by atoms with E-state index in [1.165, 1.54) is 11.1 Å². The van der Waals surface area contributed by atoms with Gasteiger partial charge in [-0.1, -0.05) is 56.3 Å². The molecule has 2 aromatic heterocycles. The number of imidazole rings is 1. The third kappa shape index (κ3) is 7.69. The summed E-state index contributed by atoms with van der Waals surface area (Å²) in [7, 11) is 0. The first-order chi connectivity index (χ1) is 20.6. The molecular formula is C35H40N6O. The Morgan fingerprint density at radius 2 is 1.60 bits per heavy atom. The fraction of sp³-hybridized carbons (Fsp3) is 0.286. The monoisotopic (exact) mass is 560 g/mol. The first-order valence-electron chi connectivity index (χ1n) is 14.9. The molecule has 0 spiro atoms. The maximum atomic E-state index is 13.0. The summed E-state index contributed by atoms with van der Waals surface area (Å²) in [4.78, 5) is 27.7. The molecule has 0 saturated carbocycles. The summed E-state index contributed by atoms with van der Waals surface area (Å²) in [5, 5.41) is 7.88. The molecule has 0 aliphatic rings. The average Bonchev–Trinajstić information content (AvgIpc) is 3.54. The summed E-state index contributed by atoms with van der Waals surface area (Å²) in [6.45, 7) is 8.22. The van der Waals surface area contributed by atoms with Crippen LogP contribution in [0.3, 0.4) is 0 Å². The number of aromatic nitrogens is 3. The molecule has 3 aromatic carbocycles. The van der Waals surface area contributed by atoms with Gasteiger partial charge in [0.25, 0.3) is 5.91 Å². The number of carbonyl (C=O) groups is 1. The second-order valence-electron chi connectivity index (χ2n) is 10.7. The minimum absolute atomic E-state index is 0.0334. The number of benzene rings is 3. The van der Waals surface area contributed by atoms with Gasteiger partial charge in [-0.05, 0) is 79.0 Å². The lowest BCUT2D eigenvalue weighted by Crippen LogP contribution is -2.24. The quantitative estimate of drug-likeness (QED) is 0.137. The number of nitrogens with zero attached hydrogens (tertiary/aromatic N) is 3. The van der Waals surface area contributed by atoms with E-state index in [0.717, 1.165) is 66.9 Å². The Bertz CT molecular complexity index is 1540. The van der Waals surface area contributed by atoms with Gasteiger partial charge in [-0.3, -0.25) is 14.7 Å². The number of H-pyrrole nitrogens is 1. The Kier molecular flexibility index (Phi) is 10.1. The van der Waals surface area contributed by atoms with Gasteiger partial charge >= 0.3 is 0 Å². The Balaban J connectivity index is 1.21. The van der Waals surface area contributed by atoms with Gasteiger partial charge in [-0.15, -0.1) is 0 Å². The molecule has 3 N–H and O–H groups in total. The van der Waals surface area contributed by atoms with E-state index in [2.05, 4.69) is 68.6 Å². The predicted molar refractivity (Wildman–Crippen MR) is 170 cm³/mol. The molecule has 42 heavy (non-hydrogen) atoms. The summed E-state index contributed by atoms with van der Waals surface area (Å²) in [6.07, 6.45) is 8.51. The lowest BCUT2D eigenvalue weighted by Gasteiger charge is -2.21. The predicted octanol–water partition coefficient (Wildman–Crippen LogP) is 6.91. The lowest BCUT2D eigenvalue weighted by molar-refractivity contribution is 0.102. The third-order valence-corrected chi connectivity index (χ3v) is 7.48. The van der Waals surface area contributed by atoms with E-state index >= 15 is 0 Å². The lowest BCUT2D eigenvalue weighted by atomic mass is 9.98. The average molecular weight is 561 g/mol. The maximum Gasteiger partial charge on any atom is 0.255 e. The van der Waals surface area contributed by atoms with Crippen LogP contribution in [0, 0.1) is 0 Å². The van der Waals surface area contributed by atoms with Crippen molar-refractivity contribution < 1.29 is 4.79 Å². The van der Waals surface area contributed by atoms with Crippen LogP contribution in [0.1, 0.15) is 65.6 Å². The highest BCUT2D eigenvalue weighted by atomic mass is 16.1. The second-order valence-corrected chi connectivity index (χ2v) is 10.7. The molecular weight excluding hydrogens is 520 g/mol. The summed E-state index contributed by atoms with van der Waals surface area (Å²) in [5.41, 5.74) is 5.95. The molecule has 0 radical (unpaired) electrons. The molecule has 5 rings (SSSR count). The number of nitrogens with one attached hydrogen (secondary N) is 3. The summed E-state index contributed by atoms with van der Waals surface area (Å²) < 4.78 is 0. The Morgan fingerprint density at radius 1 is 0.857 bits per heavy atom. The number of aromatic amines is 1. The summed E-state index contributed by atoms with van der Waals surface area (Å²) in [5.74, 6) is 0.812. The minimum Gasteiger partial charge on any atom is -0.349 e. The van der Waals surface area contributed by atoms with Crippen LogP contribution in [0.25, 0.3) is 10.9 Å². The van der Waals surface area contributed by atoms with Crippen molar-refractivity contribution in [3.63, 3.8) is 0 Å². The third-order valence-electron chi connectivity index (χ3n) is 7.48. The number of rotatable bonds is 14. The highest BCUT2D eigenvalue weighted by Gasteiger charge is 2.17. The van der Waals surface area contributed by atoms with Crippen molar-refractivity contribution in [3.8, 4) is 0 Å². The molecule has 0 bridgehead atoms. The van der Waals surface area contributed by atoms with E-state index in [1.54, 1.807) is 6.20 Å². The molecule has 1 amide bonds. The number of para-hydroxylation sites is 1. The number of hydrogen-bond acceptors (Lipinski definition) is 5. The molecule has 1 atom stereocenters. The van der Waals surface area contributed by atoms with Crippen molar-refractivity contribution in [3.05, 3.63) is 126 Å². The molecule has 216 valence electrons. The van der Waals surface area contributed by atoms with E-state index in [4.69, 9.17) is 0 Å². The molecule has 7 nitrogen and oxygen atoms in total. The van der Waals surface area contributed by atoms with Crippen molar-refractivity contribution in [1.29, 1.82) is 0 Å². The Labute approximate surface area is 248 Å². The van der Waals surface area contributed by atoms with Crippen LogP contribution in [-0.4, -0.2) is 38.8 Å². The second kappa shape index (κ2) is 14.5. The highest BCUT2D eigenvalue weighted by molar-refractivity contribution is 6.04. The van der Waals surface area contributed by atoms with Crippen molar-refractivity contribution in [1.82, 2.24) is 25.2 Å². The van der Waals surface area contributed by atoms with Crippen molar-refractivity contribution in [2.45, 2.75) is 52.2 Å². The smallest absolute Gasteiger partial charge is 0.255 e. The number of carbonyl (C=O) groups excluding carboxylic acids is 1. The normalized spacial score (nSPS) is 12.1. The van der Waals surface area contributed by atoms with Gasteiger partial charge in [-0.25, -0.2) is 4.98 Å². The number of anilines is 1. The molecule has 2 heterocycles. The van der Waals surface area contributed by atoms with Gasteiger partial charge < -0.3 is 15.6 Å². The van der Waals surface area contributed by atoms with Crippen LogP contribution in [-0.2, 0) is 19.5 Å². The topological polar surface area (TPSA) is 85.9 Å². The van der Waals surface area contributed by atoms with E-state index in [0.29, 0.717) is 12.1 Å². The van der Waals surface area contributed by atoms with E-state index < -0.39 is 0 Å². The fourth-order valence-electron chi connectivity index (χ4n) is 5.39. The van der Waals surface area contributed by atoms with E-state index in [9.17, 15) is 4.79 Å². The van der Waals surface area contributed by atoms with Crippen LogP contribution in [0.2, 0.25) is 0 Å². The van der Waals surface area contributed by atoms with Gasteiger partial charge in [-0.2, -0.15) is 0 Å². The molecule has 0 aliphatic carbocycles. The molecule has 0 fully saturated rings. The number of fused-ring (bicyclic) bond motifs is 1. The first-order valence-corrected chi connectivity index (χ1v) is 14.9. The SMILES string of the molecule is CCCN(CCC)Cc1ccc(NC(=O)c2ccc(CNC(Cc3ncc[nH]3)c3ccnc4ccccc34)cc2)cc1. The minimum atomic E-state index is -0.111. The standard InChI is InChI=1S/C35H40N6O/c1-3-21-41(22-4-2)25-27-11-15-29(16-12-27)40-35(42)28-13-9-26(10-14-28)24-39-33(23-34-37-19-20-38-34)31-17-18-36-32-8-6-5-7-30(31)32/h5-20,33,39H,3-4,21-25H2,1-2H3,(H,37,38)(H,40,42). The van der Waals surface area contributed by atoms with Crippen LogP contribution >= 0.6 is 0 Å². The zero-order valence-electron chi connectivity index (χ0n) is 24.5. The molecule has 0 saturated heterocycles. The zero-order chi connectivity index (χ0) is 29.1. The zero-order valence-corrected chi connectivity index (χ0v) is 24.5. The molecule has 5 aromatic rings. The van der Waals surface area contributed by atoms with E-state index in [-0.39, 0.29) is 11.9 Å². The van der Waals surface area contributed by atoms with E-state index in [1.807, 2.05) is 67.0 Å². The maximum absolute atomic E-state index is 13.0. The van der Waals surface area contributed by atoms with Gasteiger partial charge in [0.15, 0.2) is 0 Å². The fourth-order valence-corrected chi connectivity index (χ4v) is 5.39. The van der Waals surface area contributed by atoms with Crippen LogP contribution in [0.4, 0.5) is 5.69 Å². The first kappa shape index (κ1) is 29.2. The molecule has 7 heteroatoms. The van der Waals surface area contributed by atoms with Crippen molar-refractivity contribution >= 4 is 22.5 Å². The van der Waals surface area contributed by atoms with Crippen molar-refractivity contribution in [2.75, 3.05) is 18.4 Å². The van der Waals surface area contributed by atoms with Crippen LogP contribution < -0.4 is 10.6 Å². The number of pyridine rings is 1. The Morgan fingerprint density at radius 3 is 2.31 bits per heavy atom. The van der Waals surface area contributed by atoms with Gasteiger partial charge in [0.05, 0.1) is 5.52 Å². The highest BCUT2D eigenvalue weighted by Crippen LogP contribution is 2.25. The molecule has 1 unspecified atom stereocenters. The number of hydrogen-bond donors (Lipinski definition) is 3. The summed E-state index contributed by atoms with van der Waals surface area (Å²) in [6, 6.07) is 26.3. The van der Waals surface area contributed by atoms with Gasteiger partial charge in [0.2, 0.25) is 0 Å². The van der Waals surface area contributed by atoms with Crippen molar-refractivity contribution in [2.24, 2.45) is 0 Å². The summed E-state index contributed by atoms with van der Waals surface area (Å²) >= 11 is 0. The Hall–Kier alpha value is -4.33. The molecule has 0 aliphatic heterocycles. The largest absolute Gasteiger partial charge is 0.349 e. The van der Waals surface area contributed by atoms with Gasteiger partial charge in [0.1, 0.15) is 5.82 Å². The van der Waals surface area contributed by atoms with Gasteiger partial charge in [0, 0.05) is 60.8 Å².